The van der Waals surface area contributed by atoms with Crippen LogP contribution in [-0.4, -0.2) is 28.1 Å². The minimum atomic E-state index is -3.88. The number of nitrogens with zero attached hydrogens (tertiary/aromatic N) is 2. The van der Waals surface area contributed by atoms with Gasteiger partial charge in [0.05, 0.1) is 11.0 Å². The van der Waals surface area contributed by atoms with Crippen LogP contribution >= 0.6 is 36.8 Å². The monoisotopic (exact) mass is 286 g/mol. The minimum absolute atomic E-state index is 0.162. The Morgan fingerprint density at radius 1 is 1.53 bits per heavy atom. The van der Waals surface area contributed by atoms with Crippen LogP contribution in [0, 0.1) is 0 Å². The van der Waals surface area contributed by atoms with Gasteiger partial charge in [-0.25, -0.2) is 4.98 Å². The van der Waals surface area contributed by atoms with E-state index >= 15 is 0 Å². The fourth-order valence-corrected chi connectivity index (χ4v) is 2.74. The highest BCUT2D eigenvalue weighted by molar-refractivity contribution is 7.85. The summed E-state index contributed by atoms with van der Waals surface area (Å²) in [5, 5.41) is 0.938. The highest BCUT2D eigenvalue weighted by Gasteiger charge is 2.13. The molecule has 0 fully saturated rings. The number of aromatic nitrogens is 2. The summed E-state index contributed by atoms with van der Waals surface area (Å²) in [5.41, 5.74) is 0. The van der Waals surface area contributed by atoms with E-state index in [0.29, 0.717) is 23.0 Å². The summed E-state index contributed by atoms with van der Waals surface area (Å²) in [4.78, 5) is 4.01. The van der Waals surface area contributed by atoms with Gasteiger partial charge in [0, 0.05) is 0 Å². The largest absolute Gasteiger partial charge is 0.286 e. The Kier molecular flexibility index (Phi) is 4.84. The smallest absolute Gasteiger partial charge is 0.264 e. The second kappa shape index (κ2) is 5.48. The van der Waals surface area contributed by atoms with Crippen LogP contribution in [0.25, 0.3) is 0 Å². The third-order valence-electron chi connectivity index (χ3n) is 1.60. The quantitative estimate of drug-likeness (QED) is 0.564. The van der Waals surface area contributed by atoms with Crippen molar-refractivity contribution in [2.45, 2.75) is 23.2 Å². The summed E-state index contributed by atoms with van der Waals surface area (Å²) >= 11 is 9.40. The average Bonchev–Trinajstić information content (AvgIpc) is 2.49. The zero-order valence-corrected chi connectivity index (χ0v) is 11.0. The van der Waals surface area contributed by atoms with Gasteiger partial charge in [-0.15, -0.1) is 12.6 Å². The van der Waals surface area contributed by atoms with E-state index in [1.165, 1.54) is 11.5 Å². The summed E-state index contributed by atoms with van der Waals surface area (Å²) in [6, 6.07) is 0. The highest BCUT2D eigenvalue weighted by atomic mass is 32.2. The van der Waals surface area contributed by atoms with E-state index in [2.05, 4.69) is 34.6 Å². The van der Waals surface area contributed by atoms with Crippen molar-refractivity contribution in [1.82, 2.24) is 9.36 Å². The lowest BCUT2D eigenvalue weighted by Crippen LogP contribution is -2.04. The molecular weight excluding hydrogens is 276 g/mol. The van der Waals surface area contributed by atoms with Gasteiger partial charge in [-0.3, -0.25) is 4.55 Å². The second-order valence-electron chi connectivity index (χ2n) is 2.88. The lowest BCUT2D eigenvalue weighted by molar-refractivity contribution is 0.480. The SMILES string of the molecule is O=S(=O)(O)CCCC(S)c1nc(S)ns1. The molecular formula is C6H10N2O3S4. The number of hydrogen-bond donors (Lipinski definition) is 3. The summed E-state index contributed by atoms with van der Waals surface area (Å²) in [7, 11) is -3.88. The highest BCUT2D eigenvalue weighted by Crippen LogP contribution is 2.27. The fourth-order valence-electron chi connectivity index (χ4n) is 0.945. The first kappa shape index (κ1) is 13.2. The summed E-state index contributed by atoms with van der Waals surface area (Å²) in [6.45, 7) is 0. The van der Waals surface area contributed by atoms with Crippen LogP contribution < -0.4 is 0 Å². The van der Waals surface area contributed by atoms with E-state index in [-0.39, 0.29) is 11.0 Å². The topological polar surface area (TPSA) is 80.2 Å². The normalized spacial score (nSPS) is 14.1. The Balaban J connectivity index is 2.40. The maximum absolute atomic E-state index is 10.4. The molecule has 0 aliphatic heterocycles. The summed E-state index contributed by atoms with van der Waals surface area (Å²) < 4.78 is 33.3. The van der Waals surface area contributed by atoms with Crippen molar-refractivity contribution < 1.29 is 13.0 Å². The van der Waals surface area contributed by atoms with E-state index in [4.69, 9.17) is 4.55 Å². The molecule has 0 saturated heterocycles. The van der Waals surface area contributed by atoms with E-state index in [1.54, 1.807) is 0 Å². The zero-order valence-electron chi connectivity index (χ0n) is 7.57. The van der Waals surface area contributed by atoms with Gasteiger partial charge in [0.15, 0.2) is 5.16 Å². The molecule has 1 aromatic rings. The predicted molar refractivity (Wildman–Crippen MR) is 64.5 cm³/mol. The van der Waals surface area contributed by atoms with E-state index in [1.807, 2.05) is 0 Å². The third kappa shape index (κ3) is 5.16. The van der Waals surface area contributed by atoms with Crippen LogP contribution in [0.2, 0.25) is 0 Å². The number of thiol groups is 2. The Bertz CT molecular complexity index is 416. The molecule has 0 spiro atoms. The standard InChI is InChI=1S/C6H10N2O3S4/c9-15(10,11)3-1-2-4(12)5-7-6(13)8-14-5/h4,12H,1-3H2,(H,8,13)(H,9,10,11). The van der Waals surface area contributed by atoms with Crippen molar-refractivity contribution in [1.29, 1.82) is 0 Å². The molecule has 0 aromatic carbocycles. The maximum atomic E-state index is 10.4. The van der Waals surface area contributed by atoms with Gasteiger partial charge < -0.3 is 0 Å². The molecule has 0 saturated carbocycles. The molecule has 0 amide bonds. The molecule has 5 nitrogen and oxygen atoms in total. The van der Waals surface area contributed by atoms with Crippen LogP contribution in [0.1, 0.15) is 23.1 Å². The number of rotatable bonds is 5. The molecule has 1 N–H and O–H groups in total. The molecule has 0 radical (unpaired) electrons. The van der Waals surface area contributed by atoms with Gasteiger partial charge in [-0.1, -0.05) is 0 Å². The number of hydrogen-bond acceptors (Lipinski definition) is 7. The molecule has 1 unspecified atom stereocenters. The van der Waals surface area contributed by atoms with Crippen LogP contribution in [0.5, 0.6) is 0 Å². The first-order valence-corrected chi connectivity index (χ1v) is 7.39. The fraction of sp³-hybridized carbons (Fsp3) is 0.667. The molecule has 9 heteroatoms. The third-order valence-corrected chi connectivity index (χ3v) is 4.24. The van der Waals surface area contributed by atoms with Crippen molar-refractivity contribution in [3.8, 4) is 0 Å². The molecule has 1 atom stereocenters. The van der Waals surface area contributed by atoms with Crippen molar-refractivity contribution in [3.63, 3.8) is 0 Å². The minimum Gasteiger partial charge on any atom is -0.286 e. The van der Waals surface area contributed by atoms with Gasteiger partial charge >= 0.3 is 0 Å². The van der Waals surface area contributed by atoms with Crippen molar-refractivity contribution in [3.05, 3.63) is 5.01 Å². The summed E-state index contributed by atoms with van der Waals surface area (Å²) in [5.74, 6) is -0.253. The van der Waals surface area contributed by atoms with Crippen LogP contribution in [0.3, 0.4) is 0 Å². The Morgan fingerprint density at radius 3 is 2.67 bits per heavy atom. The molecule has 15 heavy (non-hydrogen) atoms. The van der Waals surface area contributed by atoms with Crippen LogP contribution in [0.15, 0.2) is 5.16 Å². The molecule has 86 valence electrons. The second-order valence-corrected chi connectivity index (χ2v) is 6.26. The molecule has 1 heterocycles. The van der Waals surface area contributed by atoms with E-state index in [0.717, 1.165) is 0 Å². The molecule has 1 rings (SSSR count). The van der Waals surface area contributed by atoms with Crippen LogP contribution in [-0.2, 0) is 10.1 Å². The lowest BCUT2D eigenvalue weighted by atomic mass is 10.2. The molecule has 1 aromatic heterocycles. The van der Waals surface area contributed by atoms with Gasteiger partial charge in [0.25, 0.3) is 10.1 Å². The lowest BCUT2D eigenvalue weighted by Gasteiger charge is -2.04. The van der Waals surface area contributed by atoms with Gasteiger partial charge in [-0.2, -0.15) is 25.4 Å². The maximum Gasteiger partial charge on any atom is 0.264 e. The Labute approximate surface area is 103 Å². The van der Waals surface area contributed by atoms with Gasteiger partial charge in [0.1, 0.15) is 5.01 Å². The van der Waals surface area contributed by atoms with Crippen molar-refractivity contribution in [2.24, 2.45) is 0 Å². The predicted octanol–water partition coefficient (Wildman–Crippen LogP) is 1.47. The Hall–Kier alpha value is 0.170. The van der Waals surface area contributed by atoms with Gasteiger partial charge in [-0.05, 0) is 24.4 Å². The first-order chi connectivity index (χ1) is 6.88. The van der Waals surface area contributed by atoms with Crippen molar-refractivity contribution in [2.75, 3.05) is 5.75 Å². The first-order valence-electron chi connectivity index (χ1n) is 4.04. The molecule has 0 bridgehead atoms. The molecule has 0 aliphatic rings. The zero-order chi connectivity index (χ0) is 11.5. The van der Waals surface area contributed by atoms with Gasteiger partial charge in [0.2, 0.25) is 0 Å². The van der Waals surface area contributed by atoms with E-state index in [9.17, 15) is 8.42 Å². The average molecular weight is 286 g/mol. The Morgan fingerprint density at radius 2 is 2.20 bits per heavy atom. The van der Waals surface area contributed by atoms with E-state index < -0.39 is 10.1 Å². The van der Waals surface area contributed by atoms with Crippen molar-refractivity contribution >= 4 is 46.9 Å². The van der Waals surface area contributed by atoms with Crippen LogP contribution in [0.4, 0.5) is 0 Å². The summed E-state index contributed by atoms with van der Waals surface area (Å²) in [6.07, 6.45) is 0.861. The molecule has 0 aliphatic carbocycles.